The zero-order valence-corrected chi connectivity index (χ0v) is 13.8. The minimum atomic E-state index is -0.240. The minimum absolute atomic E-state index is 0.240. The molecule has 1 aliphatic heterocycles. The molecule has 0 N–H and O–H groups in total. The first-order valence-electron chi connectivity index (χ1n) is 7.43. The normalized spacial score (nSPS) is 24.0. The highest BCUT2D eigenvalue weighted by Crippen LogP contribution is 2.37. The van der Waals surface area contributed by atoms with E-state index in [-0.39, 0.29) is 5.60 Å². The zero-order chi connectivity index (χ0) is 14.6. The van der Waals surface area contributed by atoms with Crippen LogP contribution in [0.4, 0.5) is 0 Å². The molecule has 1 aliphatic rings. The molecule has 1 aromatic carbocycles. The van der Waals surface area contributed by atoms with Crippen molar-refractivity contribution >= 4 is 23.2 Å². The second-order valence-electron chi connectivity index (χ2n) is 5.50. The third-order valence-corrected chi connectivity index (χ3v) is 4.64. The predicted molar refractivity (Wildman–Crippen MR) is 85.7 cm³/mol. The first-order chi connectivity index (χ1) is 9.61. The molecule has 112 valence electrons. The molecule has 1 fully saturated rings. The maximum absolute atomic E-state index is 6.22. The van der Waals surface area contributed by atoms with Crippen LogP contribution in [0.25, 0.3) is 0 Å². The average Bonchev–Trinajstić information content (AvgIpc) is 2.43. The van der Waals surface area contributed by atoms with Crippen molar-refractivity contribution in [2.45, 2.75) is 38.7 Å². The van der Waals surface area contributed by atoms with E-state index in [1.54, 1.807) is 0 Å². The predicted octanol–water partition coefficient (Wildman–Crippen LogP) is 4.73. The Morgan fingerprint density at radius 2 is 2.00 bits per heavy atom. The van der Waals surface area contributed by atoms with Crippen LogP contribution in [0.15, 0.2) is 18.2 Å². The summed E-state index contributed by atoms with van der Waals surface area (Å²) in [6.45, 7) is 8.27. The molecule has 20 heavy (non-hydrogen) atoms. The van der Waals surface area contributed by atoms with Crippen LogP contribution in [0.1, 0.15) is 38.7 Å². The van der Waals surface area contributed by atoms with E-state index in [9.17, 15) is 0 Å². The lowest BCUT2D eigenvalue weighted by atomic mass is 9.87. The summed E-state index contributed by atoms with van der Waals surface area (Å²) in [5.41, 5.74) is 0.908. The molecule has 0 amide bonds. The third kappa shape index (κ3) is 3.48. The van der Waals surface area contributed by atoms with Gasteiger partial charge in [0.15, 0.2) is 0 Å². The fourth-order valence-electron chi connectivity index (χ4n) is 3.02. The van der Waals surface area contributed by atoms with Crippen LogP contribution in [-0.2, 0) is 10.3 Å². The third-order valence-electron chi connectivity index (χ3n) is 3.90. The van der Waals surface area contributed by atoms with Gasteiger partial charge >= 0.3 is 0 Å². The standard InChI is InChI=1S/C16H23Cl2NO/c1-3-7-16(12-19(8-4-2)9-10-20-16)13-5-6-14(17)15(18)11-13/h5-6,11H,3-4,7-10,12H2,1-2H3. The molecule has 1 heterocycles. The number of morpholine rings is 1. The summed E-state index contributed by atoms with van der Waals surface area (Å²) in [5.74, 6) is 0. The van der Waals surface area contributed by atoms with Gasteiger partial charge in [0.25, 0.3) is 0 Å². The number of ether oxygens (including phenoxy) is 1. The summed E-state index contributed by atoms with van der Waals surface area (Å²) < 4.78 is 6.22. The van der Waals surface area contributed by atoms with Crippen LogP contribution in [0, 0.1) is 0 Å². The van der Waals surface area contributed by atoms with Crippen molar-refractivity contribution in [1.82, 2.24) is 4.90 Å². The van der Waals surface area contributed by atoms with Crippen molar-refractivity contribution in [1.29, 1.82) is 0 Å². The van der Waals surface area contributed by atoms with Crippen LogP contribution in [-0.4, -0.2) is 31.1 Å². The number of nitrogens with zero attached hydrogens (tertiary/aromatic N) is 1. The SMILES string of the molecule is CCCN1CCOC(CCC)(c2ccc(Cl)c(Cl)c2)C1. The number of benzene rings is 1. The summed E-state index contributed by atoms with van der Waals surface area (Å²) in [6.07, 6.45) is 3.26. The largest absolute Gasteiger partial charge is 0.368 e. The molecule has 4 heteroatoms. The molecule has 1 unspecified atom stereocenters. The second-order valence-corrected chi connectivity index (χ2v) is 6.31. The molecule has 0 radical (unpaired) electrons. The molecule has 0 aromatic heterocycles. The van der Waals surface area contributed by atoms with E-state index in [4.69, 9.17) is 27.9 Å². The number of hydrogen-bond acceptors (Lipinski definition) is 2. The summed E-state index contributed by atoms with van der Waals surface area (Å²) in [6, 6.07) is 5.90. The second kappa shape index (κ2) is 7.13. The number of halogens is 2. The zero-order valence-electron chi connectivity index (χ0n) is 12.3. The van der Waals surface area contributed by atoms with E-state index in [0.717, 1.165) is 44.6 Å². The van der Waals surface area contributed by atoms with Crippen molar-refractivity contribution in [2.24, 2.45) is 0 Å². The van der Waals surface area contributed by atoms with Gasteiger partial charge < -0.3 is 4.74 Å². The van der Waals surface area contributed by atoms with E-state index in [1.807, 2.05) is 12.1 Å². The van der Waals surface area contributed by atoms with Crippen LogP contribution >= 0.6 is 23.2 Å². The van der Waals surface area contributed by atoms with Gasteiger partial charge in [-0.1, -0.05) is 49.5 Å². The Morgan fingerprint density at radius 1 is 1.20 bits per heavy atom. The minimum Gasteiger partial charge on any atom is -0.368 e. The first kappa shape index (κ1) is 16.1. The van der Waals surface area contributed by atoms with Crippen LogP contribution < -0.4 is 0 Å². The van der Waals surface area contributed by atoms with Gasteiger partial charge in [0.05, 0.1) is 16.7 Å². The van der Waals surface area contributed by atoms with Gasteiger partial charge in [-0.05, 0) is 37.1 Å². The number of hydrogen-bond donors (Lipinski definition) is 0. The Labute approximate surface area is 132 Å². The molecular weight excluding hydrogens is 293 g/mol. The van der Waals surface area contributed by atoms with Gasteiger partial charge in [-0.25, -0.2) is 0 Å². The maximum Gasteiger partial charge on any atom is 0.106 e. The average molecular weight is 316 g/mol. The molecule has 0 bridgehead atoms. The molecule has 1 saturated heterocycles. The summed E-state index contributed by atoms with van der Waals surface area (Å²) in [5, 5.41) is 1.21. The van der Waals surface area contributed by atoms with Crippen LogP contribution in [0.5, 0.6) is 0 Å². The van der Waals surface area contributed by atoms with Crippen molar-refractivity contribution in [3.63, 3.8) is 0 Å². The van der Waals surface area contributed by atoms with Crippen molar-refractivity contribution in [3.8, 4) is 0 Å². The number of rotatable bonds is 5. The van der Waals surface area contributed by atoms with E-state index < -0.39 is 0 Å². The molecule has 2 nitrogen and oxygen atoms in total. The summed E-state index contributed by atoms with van der Waals surface area (Å²) in [4.78, 5) is 2.49. The summed E-state index contributed by atoms with van der Waals surface area (Å²) >= 11 is 12.2. The van der Waals surface area contributed by atoms with Crippen molar-refractivity contribution in [2.75, 3.05) is 26.2 Å². The van der Waals surface area contributed by atoms with Gasteiger partial charge in [0, 0.05) is 13.1 Å². The lowest BCUT2D eigenvalue weighted by Crippen LogP contribution is -2.50. The van der Waals surface area contributed by atoms with E-state index >= 15 is 0 Å². The summed E-state index contributed by atoms with van der Waals surface area (Å²) in [7, 11) is 0. The Morgan fingerprint density at radius 3 is 2.65 bits per heavy atom. The van der Waals surface area contributed by atoms with Gasteiger partial charge in [0.2, 0.25) is 0 Å². The highest BCUT2D eigenvalue weighted by molar-refractivity contribution is 6.42. The van der Waals surface area contributed by atoms with E-state index in [0.29, 0.717) is 10.0 Å². The highest BCUT2D eigenvalue weighted by atomic mass is 35.5. The lowest BCUT2D eigenvalue weighted by molar-refractivity contribution is -0.119. The first-order valence-corrected chi connectivity index (χ1v) is 8.18. The quantitative estimate of drug-likeness (QED) is 0.778. The fourth-order valence-corrected chi connectivity index (χ4v) is 3.31. The maximum atomic E-state index is 6.22. The Hall–Kier alpha value is -0.280. The molecular formula is C16H23Cl2NO. The smallest absolute Gasteiger partial charge is 0.106 e. The molecule has 0 saturated carbocycles. The van der Waals surface area contributed by atoms with Gasteiger partial charge in [-0.15, -0.1) is 0 Å². The Kier molecular flexibility index (Phi) is 5.74. The molecule has 2 rings (SSSR count). The van der Waals surface area contributed by atoms with Crippen LogP contribution in [0.3, 0.4) is 0 Å². The van der Waals surface area contributed by atoms with Crippen LogP contribution in [0.2, 0.25) is 10.0 Å². The van der Waals surface area contributed by atoms with E-state index in [2.05, 4.69) is 24.8 Å². The molecule has 0 aliphatic carbocycles. The molecule has 1 aromatic rings. The van der Waals surface area contributed by atoms with E-state index in [1.165, 1.54) is 6.42 Å². The topological polar surface area (TPSA) is 12.5 Å². The monoisotopic (exact) mass is 315 g/mol. The van der Waals surface area contributed by atoms with Crippen molar-refractivity contribution in [3.05, 3.63) is 33.8 Å². The fraction of sp³-hybridized carbons (Fsp3) is 0.625. The highest BCUT2D eigenvalue weighted by Gasteiger charge is 2.37. The van der Waals surface area contributed by atoms with Gasteiger partial charge in [-0.2, -0.15) is 0 Å². The molecule has 1 atom stereocenters. The van der Waals surface area contributed by atoms with Gasteiger partial charge in [0.1, 0.15) is 5.60 Å². The van der Waals surface area contributed by atoms with Gasteiger partial charge in [-0.3, -0.25) is 4.90 Å². The molecule has 0 spiro atoms. The lowest BCUT2D eigenvalue weighted by Gasteiger charge is -2.43. The Bertz CT molecular complexity index is 446. The Balaban J connectivity index is 2.30. The van der Waals surface area contributed by atoms with Crippen molar-refractivity contribution < 1.29 is 4.74 Å².